The van der Waals surface area contributed by atoms with Crippen molar-refractivity contribution < 1.29 is 29.7 Å². The Morgan fingerprint density at radius 2 is 0.941 bits per heavy atom. The molecule has 0 saturated carbocycles. The van der Waals surface area contributed by atoms with Gasteiger partial charge in [-0.3, -0.25) is 0 Å². The zero-order chi connectivity index (χ0) is 13.1. The average Bonchev–Trinajstić information content (AvgIpc) is 2.21. The van der Waals surface area contributed by atoms with Crippen LogP contribution < -0.4 is 0 Å². The third kappa shape index (κ3) is 12.3. The van der Waals surface area contributed by atoms with Crippen LogP contribution in [-0.2, 0) is 19.5 Å². The van der Waals surface area contributed by atoms with Crippen molar-refractivity contribution >= 4 is 34.8 Å². The third-order valence-corrected chi connectivity index (χ3v) is 2.58. The summed E-state index contributed by atoms with van der Waals surface area (Å²) >= 11 is 8.99. The Labute approximate surface area is 128 Å². The van der Waals surface area contributed by atoms with E-state index in [-0.39, 0.29) is 29.8 Å². The van der Waals surface area contributed by atoms with Crippen LogP contribution in [0.2, 0.25) is 0 Å². The van der Waals surface area contributed by atoms with Gasteiger partial charge in [0.25, 0.3) is 10.3 Å². The molecule has 0 atom stereocenters. The van der Waals surface area contributed by atoms with E-state index in [2.05, 4.69) is 24.4 Å². The minimum absolute atomic E-state index is 0. The number of thiocarbonyl (C=S) groups is 2. The van der Waals surface area contributed by atoms with Crippen LogP contribution in [0.1, 0.15) is 27.7 Å². The maximum Gasteiger partial charge on any atom is 0.256 e. The largest absolute Gasteiger partial charge is 0.487 e. The second-order valence-electron chi connectivity index (χ2n) is 2.91. The van der Waals surface area contributed by atoms with Gasteiger partial charge >= 0.3 is 0 Å². The van der Waals surface area contributed by atoms with E-state index in [9.17, 15) is 0 Å². The Morgan fingerprint density at radius 3 is 0.941 bits per heavy atom. The molecule has 0 radical (unpaired) electrons. The van der Waals surface area contributed by atoms with Crippen LogP contribution in [-0.4, -0.2) is 56.5 Å². The van der Waals surface area contributed by atoms with Crippen LogP contribution in [0.25, 0.3) is 0 Å². The molecular formula is C10H22N2O2S2Zn. The zero-order valence-electron chi connectivity index (χ0n) is 11.1. The molecule has 0 rings (SSSR count). The van der Waals surface area contributed by atoms with Gasteiger partial charge in [-0.05, 0) is 52.1 Å². The summed E-state index contributed by atoms with van der Waals surface area (Å²) in [5, 5.41) is 17.3. The van der Waals surface area contributed by atoms with Crippen LogP contribution in [0, 0.1) is 0 Å². The second-order valence-corrected chi connectivity index (χ2v) is 3.64. The number of aliphatic hydroxyl groups is 2. The van der Waals surface area contributed by atoms with E-state index < -0.39 is 0 Å². The Hall–Kier alpha value is 0.00338. The smallest absolute Gasteiger partial charge is 0.256 e. The van der Waals surface area contributed by atoms with Crippen LogP contribution in [0.5, 0.6) is 0 Å². The van der Waals surface area contributed by atoms with E-state index in [1.165, 1.54) is 0 Å². The fourth-order valence-electron chi connectivity index (χ4n) is 0.988. The SMILES string of the molecule is CCN(CC)C(O)=S.CCN(CC)C(O)=S.[Zn]. The molecular weight excluding hydrogens is 310 g/mol. The van der Waals surface area contributed by atoms with Gasteiger partial charge in [-0.25, -0.2) is 0 Å². The van der Waals surface area contributed by atoms with Gasteiger partial charge < -0.3 is 20.0 Å². The first-order valence-electron chi connectivity index (χ1n) is 5.40. The van der Waals surface area contributed by atoms with Gasteiger partial charge in [0.2, 0.25) is 0 Å². The Morgan fingerprint density at radius 1 is 0.765 bits per heavy atom. The van der Waals surface area contributed by atoms with Crippen molar-refractivity contribution in [2.45, 2.75) is 27.7 Å². The first kappa shape index (κ1) is 22.2. The summed E-state index contributed by atoms with van der Waals surface area (Å²) in [6.45, 7) is 10.9. The van der Waals surface area contributed by atoms with E-state index in [1.54, 1.807) is 9.80 Å². The third-order valence-electron chi connectivity index (χ3n) is 2.07. The van der Waals surface area contributed by atoms with Crippen molar-refractivity contribution in [3.8, 4) is 0 Å². The molecule has 0 aliphatic carbocycles. The summed E-state index contributed by atoms with van der Waals surface area (Å²) in [5.74, 6) is 0. The molecule has 98 valence electrons. The minimum Gasteiger partial charge on any atom is -0.487 e. The van der Waals surface area contributed by atoms with Gasteiger partial charge in [0.15, 0.2) is 0 Å². The summed E-state index contributed by atoms with van der Waals surface area (Å²) in [5.41, 5.74) is 0. The first-order valence-corrected chi connectivity index (χ1v) is 6.21. The van der Waals surface area contributed by atoms with Crippen molar-refractivity contribution in [1.82, 2.24) is 9.80 Å². The fourth-order valence-corrected chi connectivity index (χ4v) is 1.50. The first-order chi connectivity index (χ1) is 7.44. The quantitative estimate of drug-likeness (QED) is 0.609. The molecule has 0 heterocycles. The summed E-state index contributed by atoms with van der Waals surface area (Å²) in [6.07, 6.45) is 0. The molecule has 2 N–H and O–H groups in total. The molecule has 0 aromatic rings. The van der Waals surface area contributed by atoms with Gasteiger partial charge in [0.05, 0.1) is 0 Å². The van der Waals surface area contributed by atoms with Crippen LogP contribution in [0.3, 0.4) is 0 Å². The molecule has 0 amide bonds. The van der Waals surface area contributed by atoms with E-state index in [4.69, 9.17) is 10.2 Å². The monoisotopic (exact) mass is 330 g/mol. The molecule has 0 spiro atoms. The van der Waals surface area contributed by atoms with E-state index >= 15 is 0 Å². The number of rotatable bonds is 4. The summed E-state index contributed by atoms with van der Waals surface area (Å²) in [4.78, 5) is 3.41. The predicted octanol–water partition coefficient (Wildman–Crippen LogP) is 2.34. The Balaban J connectivity index is -0.000000218. The van der Waals surface area contributed by atoms with Gasteiger partial charge in [0, 0.05) is 45.7 Å². The van der Waals surface area contributed by atoms with Gasteiger partial charge in [0.1, 0.15) is 0 Å². The molecule has 0 unspecified atom stereocenters. The second kappa shape index (κ2) is 14.1. The Kier molecular flexibility index (Phi) is 18.4. The normalized spacial score (nSPS) is 8.24. The number of hydrogen-bond donors (Lipinski definition) is 2. The number of aliphatic hydroxyl groups excluding tert-OH is 2. The number of hydrogen-bond acceptors (Lipinski definition) is 2. The molecule has 0 fully saturated rings. The zero-order valence-corrected chi connectivity index (χ0v) is 15.7. The minimum atomic E-state index is -0.00463. The molecule has 0 aliphatic heterocycles. The Bertz CT molecular complexity index is 188. The molecule has 0 saturated heterocycles. The predicted molar refractivity (Wildman–Crippen MR) is 76.3 cm³/mol. The van der Waals surface area contributed by atoms with Crippen molar-refractivity contribution in [2.75, 3.05) is 26.2 Å². The summed E-state index contributed by atoms with van der Waals surface area (Å²) in [7, 11) is 0. The standard InChI is InChI=1S/2C5H11NOS.Zn/c2*1-3-6(4-2)5(7)8;/h2*3-4H2,1-2H3,(H,7,8);. The summed E-state index contributed by atoms with van der Waals surface area (Å²) < 4.78 is 0. The molecule has 17 heavy (non-hydrogen) atoms. The topological polar surface area (TPSA) is 46.9 Å². The van der Waals surface area contributed by atoms with Crippen molar-refractivity contribution in [2.24, 2.45) is 0 Å². The summed E-state index contributed by atoms with van der Waals surface area (Å²) in [6, 6.07) is 0. The van der Waals surface area contributed by atoms with E-state index in [1.807, 2.05) is 27.7 Å². The van der Waals surface area contributed by atoms with Gasteiger partial charge in [-0.1, -0.05) is 0 Å². The molecule has 0 bridgehead atoms. The molecule has 4 nitrogen and oxygen atoms in total. The van der Waals surface area contributed by atoms with Crippen molar-refractivity contribution in [3.63, 3.8) is 0 Å². The maximum atomic E-state index is 8.67. The fraction of sp³-hybridized carbons (Fsp3) is 0.800. The average molecular weight is 332 g/mol. The molecule has 0 aromatic carbocycles. The molecule has 0 aromatic heterocycles. The maximum absolute atomic E-state index is 8.67. The van der Waals surface area contributed by atoms with Crippen LogP contribution >= 0.6 is 24.4 Å². The van der Waals surface area contributed by atoms with Crippen molar-refractivity contribution in [1.29, 1.82) is 0 Å². The van der Waals surface area contributed by atoms with E-state index in [0.29, 0.717) is 0 Å². The van der Waals surface area contributed by atoms with Crippen molar-refractivity contribution in [3.05, 3.63) is 0 Å². The van der Waals surface area contributed by atoms with Gasteiger partial charge in [-0.15, -0.1) is 0 Å². The molecule has 0 aliphatic rings. The van der Waals surface area contributed by atoms with Gasteiger partial charge in [-0.2, -0.15) is 0 Å². The van der Waals surface area contributed by atoms with Crippen LogP contribution in [0.15, 0.2) is 0 Å². The molecule has 7 heteroatoms. The van der Waals surface area contributed by atoms with Crippen LogP contribution in [0.4, 0.5) is 0 Å². The number of nitrogens with zero attached hydrogens (tertiary/aromatic N) is 2. The van der Waals surface area contributed by atoms with E-state index in [0.717, 1.165) is 26.2 Å².